The first-order valence-electron chi connectivity index (χ1n) is 4.98. The molecule has 0 aromatic carbocycles. The van der Waals surface area contributed by atoms with Gasteiger partial charge < -0.3 is 10.1 Å². The van der Waals surface area contributed by atoms with Crippen LogP contribution in [-0.2, 0) is 11.3 Å². The van der Waals surface area contributed by atoms with Crippen molar-refractivity contribution in [3.05, 3.63) is 16.6 Å². The molecule has 1 aromatic rings. The highest BCUT2D eigenvalue weighted by Crippen LogP contribution is 1.99. The van der Waals surface area contributed by atoms with Gasteiger partial charge in [0.15, 0.2) is 0 Å². The lowest BCUT2D eigenvalue weighted by Crippen LogP contribution is -2.17. The second-order valence-electron chi connectivity index (χ2n) is 3.43. The first-order valence-corrected chi connectivity index (χ1v) is 5.92. The van der Waals surface area contributed by atoms with E-state index in [0.717, 1.165) is 31.8 Å². The molecule has 0 radical (unpaired) electrons. The standard InChI is InChI=1S/C10H18N2OS/c1-9(2)13-5-3-4-11-6-10-7-14-8-12-10/h7-9,11H,3-6H2,1-2H3. The molecule has 0 aliphatic heterocycles. The summed E-state index contributed by atoms with van der Waals surface area (Å²) < 4.78 is 5.43. The molecule has 1 N–H and O–H groups in total. The van der Waals surface area contributed by atoms with Gasteiger partial charge in [-0.2, -0.15) is 0 Å². The minimum atomic E-state index is 0.341. The van der Waals surface area contributed by atoms with Crippen LogP contribution in [0.1, 0.15) is 26.0 Å². The molecule has 80 valence electrons. The largest absolute Gasteiger partial charge is 0.379 e. The summed E-state index contributed by atoms with van der Waals surface area (Å²) >= 11 is 1.64. The van der Waals surface area contributed by atoms with Crippen molar-refractivity contribution >= 4 is 11.3 Å². The molecule has 3 nitrogen and oxygen atoms in total. The summed E-state index contributed by atoms with van der Waals surface area (Å²) in [5, 5.41) is 5.39. The number of hydrogen-bond donors (Lipinski definition) is 1. The van der Waals surface area contributed by atoms with Gasteiger partial charge >= 0.3 is 0 Å². The molecule has 0 saturated heterocycles. The number of thiazole rings is 1. The van der Waals surface area contributed by atoms with Gasteiger partial charge in [0.1, 0.15) is 0 Å². The van der Waals surface area contributed by atoms with E-state index in [-0.39, 0.29) is 0 Å². The number of ether oxygens (including phenoxy) is 1. The van der Waals surface area contributed by atoms with E-state index in [9.17, 15) is 0 Å². The summed E-state index contributed by atoms with van der Waals surface area (Å²) in [6.45, 7) is 6.81. The van der Waals surface area contributed by atoms with Crippen LogP contribution in [0.25, 0.3) is 0 Å². The van der Waals surface area contributed by atoms with E-state index < -0.39 is 0 Å². The van der Waals surface area contributed by atoms with Crippen molar-refractivity contribution in [1.82, 2.24) is 10.3 Å². The molecule has 14 heavy (non-hydrogen) atoms. The minimum Gasteiger partial charge on any atom is -0.379 e. The average Bonchev–Trinajstić information content (AvgIpc) is 2.63. The van der Waals surface area contributed by atoms with Crippen LogP contribution >= 0.6 is 11.3 Å². The lowest BCUT2D eigenvalue weighted by Gasteiger charge is -2.07. The lowest BCUT2D eigenvalue weighted by atomic mass is 10.4. The zero-order chi connectivity index (χ0) is 10.2. The van der Waals surface area contributed by atoms with Gasteiger partial charge in [-0.3, -0.25) is 0 Å². The first-order chi connectivity index (χ1) is 6.79. The molecular weight excluding hydrogens is 196 g/mol. The number of rotatable bonds is 7. The number of hydrogen-bond acceptors (Lipinski definition) is 4. The Morgan fingerprint density at radius 2 is 2.43 bits per heavy atom. The quantitative estimate of drug-likeness (QED) is 0.705. The Morgan fingerprint density at radius 3 is 3.07 bits per heavy atom. The van der Waals surface area contributed by atoms with Gasteiger partial charge in [0, 0.05) is 18.5 Å². The van der Waals surface area contributed by atoms with Gasteiger partial charge in [-0.05, 0) is 26.8 Å². The van der Waals surface area contributed by atoms with Crippen LogP contribution in [-0.4, -0.2) is 24.2 Å². The van der Waals surface area contributed by atoms with Gasteiger partial charge in [-0.25, -0.2) is 4.98 Å². The fourth-order valence-electron chi connectivity index (χ4n) is 1.06. The number of nitrogens with zero attached hydrogens (tertiary/aromatic N) is 1. The van der Waals surface area contributed by atoms with E-state index in [1.807, 2.05) is 5.51 Å². The Kier molecular flexibility index (Phi) is 5.75. The Balaban J connectivity index is 1.90. The summed E-state index contributed by atoms with van der Waals surface area (Å²) in [4.78, 5) is 4.19. The fraction of sp³-hybridized carbons (Fsp3) is 0.700. The van der Waals surface area contributed by atoms with Crippen molar-refractivity contribution in [2.45, 2.75) is 32.9 Å². The van der Waals surface area contributed by atoms with Gasteiger partial charge in [-0.1, -0.05) is 0 Å². The molecule has 1 heterocycles. The summed E-state index contributed by atoms with van der Waals surface area (Å²) in [6.07, 6.45) is 1.40. The average molecular weight is 214 g/mol. The van der Waals surface area contributed by atoms with Gasteiger partial charge in [0.25, 0.3) is 0 Å². The third kappa shape index (κ3) is 5.32. The van der Waals surface area contributed by atoms with E-state index in [1.54, 1.807) is 11.3 Å². The summed E-state index contributed by atoms with van der Waals surface area (Å²) in [6, 6.07) is 0. The SMILES string of the molecule is CC(C)OCCCNCc1cscn1. The normalized spacial score (nSPS) is 11.1. The number of aromatic nitrogens is 1. The zero-order valence-corrected chi connectivity index (χ0v) is 9.64. The van der Waals surface area contributed by atoms with Gasteiger partial charge in [0.2, 0.25) is 0 Å². The molecule has 0 amide bonds. The molecule has 4 heteroatoms. The molecule has 1 rings (SSSR count). The molecular formula is C10H18N2OS. The highest BCUT2D eigenvalue weighted by Gasteiger charge is 1.95. The molecule has 0 spiro atoms. The van der Waals surface area contributed by atoms with Crippen molar-refractivity contribution < 1.29 is 4.74 Å². The Hall–Kier alpha value is -0.450. The highest BCUT2D eigenvalue weighted by molar-refractivity contribution is 7.07. The van der Waals surface area contributed by atoms with Crippen molar-refractivity contribution in [3.63, 3.8) is 0 Å². The van der Waals surface area contributed by atoms with Crippen LogP contribution in [0.2, 0.25) is 0 Å². The molecule has 0 fully saturated rings. The second kappa shape index (κ2) is 6.92. The summed E-state index contributed by atoms with van der Waals surface area (Å²) in [5.74, 6) is 0. The van der Waals surface area contributed by atoms with Gasteiger partial charge in [-0.15, -0.1) is 11.3 Å². The molecule has 0 aliphatic rings. The second-order valence-corrected chi connectivity index (χ2v) is 4.15. The predicted molar refractivity (Wildman–Crippen MR) is 59.5 cm³/mol. The molecule has 0 bridgehead atoms. The Morgan fingerprint density at radius 1 is 1.57 bits per heavy atom. The smallest absolute Gasteiger partial charge is 0.0795 e. The van der Waals surface area contributed by atoms with E-state index in [4.69, 9.17) is 4.74 Å². The van der Waals surface area contributed by atoms with Crippen molar-refractivity contribution in [2.75, 3.05) is 13.2 Å². The molecule has 0 aliphatic carbocycles. The topological polar surface area (TPSA) is 34.1 Å². The van der Waals surface area contributed by atoms with Crippen molar-refractivity contribution in [3.8, 4) is 0 Å². The molecule has 0 saturated carbocycles. The Bertz CT molecular complexity index is 224. The summed E-state index contributed by atoms with van der Waals surface area (Å²) in [5.41, 5.74) is 2.98. The third-order valence-corrected chi connectivity index (χ3v) is 2.37. The van der Waals surface area contributed by atoms with Crippen LogP contribution in [0.15, 0.2) is 10.9 Å². The van der Waals surface area contributed by atoms with Crippen LogP contribution < -0.4 is 5.32 Å². The van der Waals surface area contributed by atoms with Crippen LogP contribution in [0.4, 0.5) is 0 Å². The molecule has 0 atom stereocenters. The maximum Gasteiger partial charge on any atom is 0.0795 e. The monoisotopic (exact) mass is 214 g/mol. The zero-order valence-electron chi connectivity index (χ0n) is 8.82. The van der Waals surface area contributed by atoms with E-state index in [0.29, 0.717) is 6.10 Å². The fourth-order valence-corrected chi connectivity index (χ4v) is 1.62. The molecule has 0 unspecified atom stereocenters. The maximum absolute atomic E-state index is 5.43. The molecule has 1 aromatic heterocycles. The minimum absolute atomic E-state index is 0.341. The van der Waals surface area contributed by atoms with Crippen LogP contribution in [0.3, 0.4) is 0 Å². The van der Waals surface area contributed by atoms with Crippen LogP contribution in [0.5, 0.6) is 0 Å². The van der Waals surface area contributed by atoms with E-state index in [1.165, 1.54) is 0 Å². The van der Waals surface area contributed by atoms with Crippen molar-refractivity contribution in [2.24, 2.45) is 0 Å². The third-order valence-electron chi connectivity index (χ3n) is 1.74. The van der Waals surface area contributed by atoms with Gasteiger partial charge in [0.05, 0.1) is 17.3 Å². The van der Waals surface area contributed by atoms with Crippen molar-refractivity contribution in [1.29, 1.82) is 0 Å². The first kappa shape index (κ1) is 11.6. The van der Waals surface area contributed by atoms with E-state index >= 15 is 0 Å². The Labute approximate surface area is 89.5 Å². The number of nitrogens with one attached hydrogen (secondary N) is 1. The lowest BCUT2D eigenvalue weighted by molar-refractivity contribution is 0.0770. The van der Waals surface area contributed by atoms with Crippen LogP contribution in [0, 0.1) is 0 Å². The van der Waals surface area contributed by atoms with E-state index in [2.05, 4.69) is 29.5 Å². The maximum atomic E-state index is 5.43. The highest BCUT2D eigenvalue weighted by atomic mass is 32.1. The summed E-state index contributed by atoms with van der Waals surface area (Å²) in [7, 11) is 0. The predicted octanol–water partition coefficient (Wildman–Crippen LogP) is 2.05.